The molecular formula is C16H12I2N2. The number of nitrogens with one attached hydrogen (secondary N) is 2. The minimum absolute atomic E-state index is 0.366. The lowest BCUT2D eigenvalue weighted by molar-refractivity contribution is 0.829. The van der Waals surface area contributed by atoms with Gasteiger partial charge in [0.05, 0.1) is 6.04 Å². The Morgan fingerprint density at radius 1 is 1.00 bits per heavy atom. The molecule has 3 aromatic rings. The third-order valence-electron chi connectivity index (χ3n) is 3.92. The normalized spacial score (nSPS) is 17.2. The lowest BCUT2D eigenvalue weighted by Crippen LogP contribution is -2.05. The van der Waals surface area contributed by atoms with Crippen molar-refractivity contribution in [3.8, 4) is 0 Å². The van der Waals surface area contributed by atoms with E-state index in [0.29, 0.717) is 6.04 Å². The first-order chi connectivity index (χ1) is 9.74. The van der Waals surface area contributed by atoms with Crippen molar-refractivity contribution < 1.29 is 0 Å². The molecular weight excluding hydrogens is 474 g/mol. The first-order valence-electron chi connectivity index (χ1n) is 6.53. The third kappa shape index (κ3) is 1.95. The summed E-state index contributed by atoms with van der Waals surface area (Å²) in [4.78, 5) is 3.40. The Morgan fingerprint density at radius 3 is 2.65 bits per heavy atom. The van der Waals surface area contributed by atoms with E-state index in [0.717, 1.165) is 6.42 Å². The van der Waals surface area contributed by atoms with E-state index in [1.54, 1.807) is 0 Å². The van der Waals surface area contributed by atoms with E-state index in [4.69, 9.17) is 0 Å². The summed E-state index contributed by atoms with van der Waals surface area (Å²) < 4.78 is 2.66. The van der Waals surface area contributed by atoms with Crippen molar-refractivity contribution in [3.05, 3.63) is 60.9 Å². The molecule has 1 aliphatic rings. The molecule has 4 rings (SSSR count). The molecule has 0 bridgehead atoms. The van der Waals surface area contributed by atoms with Crippen LogP contribution < -0.4 is 5.32 Å². The van der Waals surface area contributed by atoms with E-state index in [9.17, 15) is 0 Å². The van der Waals surface area contributed by atoms with Crippen molar-refractivity contribution in [3.63, 3.8) is 0 Å². The standard InChI is InChI=1S/C16H12I2N2/c17-11-3-1-5-13-9(11)7-15(20-13)10-8-19-14-6-2-4-12(18)16(10)14/h1-6,8,15,19-20H,7H2. The van der Waals surface area contributed by atoms with Crippen LogP contribution in [0.3, 0.4) is 0 Å². The van der Waals surface area contributed by atoms with E-state index in [1.807, 2.05) is 0 Å². The van der Waals surface area contributed by atoms with Gasteiger partial charge in [-0.3, -0.25) is 0 Å². The number of aromatic amines is 1. The van der Waals surface area contributed by atoms with Crippen LogP contribution in [0.15, 0.2) is 42.6 Å². The molecule has 0 aliphatic carbocycles. The molecule has 0 saturated carbocycles. The molecule has 0 amide bonds. The van der Waals surface area contributed by atoms with Crippen LogP contribution in [0.5, 0.6) is 0 Å². The average Bonchev–Trinajstić information content (AvgIpc) is 3.03. The average molecular weight is 486 g/mol. The van der Waals surface area contributed by atoms with E-state index >= 15 is 0 Å². The van der Waals surface area contributed by atoms with Gasteiger partial charge in [0.2, 0.25) is 0 Å². The van der Waals surface area contributed by atoms with Crippen LogP contribution in [0.4, 0.5) is 5.69 Å². The number of H-pyrrole nitrogens is 1. The number of halogens is 2. The van der Waals surface area contributed by atoms with Crippen LogP contribution in [0.2, 0.25) is 0 Å². The predicted octanol–water partition coefficient (Wildman–Crippen LogP) is 5.09. The third-order valence-corrected chi connectivity index (χ3v) is 5.83. The molecule has 20 heavy (non-hydrogen) atoms. The molecule has 0 spiro atoms. The fourth-order valence-electron chi connectivity index (χ4n) is 2.97. The zero-order valence-corrected chi connectivity index (χ0v) is 14.9. The molecule has 2 aromatic carbocycles. The van der Waals surface area contributed by atoms with Crippen molar-refractivity contribution in [2.45, 2.75) is 12.5 Å². The molecule has 2 heterocycles. The molecule has 1 aromatic heterocycles. The van der Waals surface area contributed by atoms with Gasteiger partial charge in [0.1, 0.15) is 0 Å². The second kappa shape index (κ2) is 4.91. The number of rotatable bonds is 1. The van der Waals surface area contributed by atoms with Crippen LogP contribution in [0, 0.1) is 7.14 Å². The van der Waals surface area contributed by atoms with Gasteiger partial charge in [0.15, 0.2) is 0 Å². The fraction of sp³-hybridized carbons (Fsp3) is 0.125. The summed E-state index contributed by atoms with van der Waals surface area (Å²) in [7, 11) is 0. The molecule has 4 heteroatoms. The summed E-state index contributed by atoms with van der Waals surface area (Å²) in [6.45, 7) is 0. The second-order valence-corrected chi connectivity index (χ2v) is 7.40. The van der Waals surface area contributed by atoms with Gasteiger partial charge in [0, 0.05) is 35.5 Å². The van der Waals surface area contributed by atoms with Gasteiger partial charge in [-0.25, -0.2) is 0 Å². The van der Waals surface area contributed by atoms with Gasteiger partial charge >= 0.3 is 0 Å². The van der Waals surface area contributed by atoms with Gasteiger partial charge in [0.25, 0.3) is 0 Å². The van der Waals surface area contributed by atoms with Gasteiger partial charge in [-0.2, -0.15) is 0 Å². The maximum atomic E-state index is 3.67. The van der Waals surface area contributed by atoms with Gasteiger partial charge < -0.3 is 10.3 Å². The number of hydrogen-bond donors (Lipinski definition) is 2. The minimum atomic E-state index is 0.366. The van der Waals surface area contributed by atoms with Crippen LogP contribution >= 0.6 is 45.2 Å². The number of aromatic nitrogens is 1. The Morgan fingerprint density at radius 2 is 1.80 bits per heavy atom. The Balaban J connectivity index is 1.82. The van der Waals surface area contributed by atoms with Crippen molar-refractivity contribution >= 4 is 61.8 Å². The molecule has 0 radical (unpaired) electrons. The molecule has 100 valence electrons. The lowest BCUT2D eigenvalue weighted by atomic mass is 10.0. The largest absolute Gasteiger partial charge is 0.378 e. The highest BCUT2D eigenvalue weighted by atomic mass is 127. The summed E-state index contributed by atoms with van der Waals surface area (Å²) in [5.41, 5.74) is 5.32. The van der Waals surface area contributed by atoms with Crippen LogP contribution in [0.1, 0.15) is 17.2 Å². The summed E-state index contributed by atoms with van der Waals surface area (Å²) in [5, 5.41) is 5.02. The lowest BCUT2D eigenvalue weighted by Gasteiger charge is -2.11. The molecule has 1 atom stereocenters. The summed E-state index contributed by atoms with van der Waals surface area (Å²) >= 11 is 4.85. The zero-order valence-electron chi connectivity index (χ0n) is 10.6. The number of hydrogen-bond acceptors (Lipinski definition) is 1. The molecule has 2 nitrogen and oxygen atoms in total. The second-order valence-electron chi connectivity index (χ2n) is 5.07. The van der Waals surface area contributed by atoms with Crippen LogP contribution in [-0.4, -0.2) is 4.98 Å². The van der Waals surface area contributed by atoms with Gasteiger partial charge in [-0.1, -0.05) is 12.1 Å². The van der Waals surface area contributed by atoms with E-state index in [1.165, 1.54) is 34.9 Å². The molecule has 1 aliphatic heterocycles. The topological polar surface area (TPSA) is 27.8 Å². The monoisotopic (exact) mass is 486 g/mol. The minimum Gasteiger partial charge on any atom is -0.378 e. The van der Waals surface area contributed by atoms with Crippen LogP contribution in [0.25, 0.3) is 10.9 Å². The van der Waals surface area contributed by atoms with Gasteiger partial charge in [-0.05, 0) is 81.4 Å². The zero-order chi connectivity index (χ0) is 13.7. The summed E-state index contributed by atoms with van der Waals surface area (Å²) in [5.74, 6) is 0. The Labute approximate surface area is 144 Å². The number of anilines is 1. The number of fused-ring (bicyclic) bond motifs is 2. The molecule has 0 fully saturated rings. The highest BCUT2D eigenvalue weighted by Crippen LogP contribution is 2.39. The Kier molecular flexibility index (Phi) is 3.17. The van der Waals surface area contributed by atoms with Crippen molar-refractivity contribution in [1.82, 2.24) is 4.98 Å². The Bertz CT molecular complexity index is 807. The highest BCUT2D eigenvalue weighted by Gasteiger charge is 2.26. The fourth-order valence-corrected chi connectivity index (χ4v) is 4.50. The summed E-state index contributed by atoms with van der Waals surface area (Å²) in [6.07, 6.45) is 3.22. The van der Waals surface area contributed by atoms with Crippen LogP contribution in [-0.2, 0) is 6.42 Å². The maximum absolute atomic E-state index is 3.67. The SMILES string of the molecule is Ic1cccc2c1CC(c1c[nH]c3cccc(I)c13)N2. The molecule has 0 saturated heterocycles. The predicted molar refractivity (Wildman–Crippen MR) is 100 cm³/mol. The highest BCUT2D eigenvalue weighted by molar-refractivity contribution is 14.1. The van der Waals surface area contributed by atoms with Crippen molar-refractivity contribution in [1.29, 1.82) is 0 Å². The van der Waals surface area contributed by atoms with Crippen molar-refractivity contribution in [2.24, 2.45) is 0 Å². The first-order valence-corrected chi connectivity index (χ1v) is 8.69. The van der Waals surface area contributed by atoms with Crippen molar-refractivity contribution in [2.75, 3.05) is 5.32 Å². The summed E-state index contributed by atoms with van der Waals surface area (Å²) in [6, 6.07) is 13.3. The van der Waals surface area contributed by atoms with E-state index in [2.05, 4.69) is 98.1 Å². The molecule has 1 unspecified atom stereocenters. The molecule has 2 N–H and O–H groups in total. The first kappa shape index (κ1) is 12.9. The van der Waals surface area contributed by atoms with Gasteiger partial charge in [-0.15, -0.1) is 0 Å². The smallest absolute Gasteiger partial charge is 0.0576 e. The quantitative estimate of drug-likeness (QED) is 0.462. The van der Waals surface area contributed by atoms with E-state index < -0.39 is 0 Å². The number of benzene rings is 2. The Hall–Kier alpha value is -0.760. The van der Waals surface area contributed by atoms with E-state index in [-0.39, 0.29) is 0 Å². The maximum Gasteiger partial charge on any atom is 0.0576 e.